The molecule has 1 aliphatic rings. The molecule has 1 N–H and O–H groups in total. The number of aryl methyl sites for hydroxylation is 1. The van der Waals surface area contributed by atoms with Gasteiger partial charge in [0.1, 0.15) is 5.75 Å². The van der Waals surface area contributed by atoms with E-state index in [1.54, 1.807) is 21.9 Å². The lowest BCUT2D eigenvalue weighted by Crippen LogP contribution is -2.51. The van der Waals surface area contributed by atoms with Gasteiger partial charge in [-0.2, -0.15) is 0 Å². The fraction of sp³-hybridized carbons (Fsp3) is 0.417. The zero-order valence-electron chi connectivity index (χ0n) is 19.1. The van der Waals surface area contributed by atoms with Crippen molar-refractivity contribution in [2.75, 3.05) is 39.3 Å². The number of benzene rings is 2. The summed E-state index contributed by atoms with van der Waals surface area (Å²) in [5.74, 6) is 0.430. The SMILES string of the molecule is CCOc1ccc(S(=O)(=O)NCCC(=O)N2CCN(C(=O)c3ccc(CC)cc3)CC2)cc1. The van der Waals surface area contributed by atoms with Crippen LogP contribution in [0, 0.1) is 0 Å². The molecule has 0 saturated carbocycles. The highest BCUT2D eigenvalue weighted by atomic mass is 32.2. The van der Waals surface area contributed by atoms with Gasteiger partial charge in [-0.1, -0.05) is 19.1 Å². The largest absolute Gasteiger partial charge is 0.494 e. The van der Waals surface area contributed by atoms with Crippen LogP contribution in [0.25, 0.3) is 0 Å². The van der Waals surface area contributed by atoms with Crippen LogP contribution in [0.2, 0.25) is 0 Å². The first-order valence-electron chi connectivity index (χ1n) is 11.2. The average Bonchev–Trinajstić information content (AvgIpc) is 2.84. The van der Waals surface area contributed by atoms with Crippen LogP contribution in [-0.2, 0) is 21.2 Å². The first kappa shape index (κ1) is 24.7. The van der Waals surface area contributed by atoms with Crippen molar-refractivity contribution in [2.24, 2.45) is 0 Å². The normalized spacial score (nSPS) is 14.2. The summed E-state index contributed by atoms with van der Waals surface area (Å²) in [6.07, 6.45) is 0.980. The molecule has 1 fully saturated rings. The van der Waals surface area contributed by atoms with Crippen molar-refractivity contribution in [1.29, 1.82) is 0 Å². The average molecular weight is 474 g/mol. The number of sulfonamides is 1. The second-order valence-corrected chi connectivity index (χ2v) is 9.54. The van der Waals surface area contributed by atoms with E-state index in [0.717, 1.165) is 6.42 Å². The van der Waals surface area contributed by atoms with Gasteiger partial charge in [0.15, 0.2) is 0 Å². The van der Waals surface area contributed by atoms with Gasteiger partial charge in [0.2, 0.25) is 15.9 Å². The number of nitrogens with one attached hydrogen (secondary N) is 1. The molecule has 0 aliphatic carbocycles. The lowest BCUT2D eigenvalue weighted by Gasteiger charge is -2.35. The maximum Gasteiger partial charge on any atom is 0.253 e. The molecule has 0 aromatic heterocycles. The van der Waals surface area contributed by atoms with Gasteiger partial charge >= 0.3 is 0 Å². The summed E-state index contributed by atoms with van der Waals surface area (Å²) in [5.41, 5.74) is 1.83. The summed E-state index contributed by atoms with van der Waals surface area (Å²) < 4.78 is 32.7. The monoisotopic (exact) mass is 473 g/mol. The van der Waals surface area contributed by atoms with Crippen LogP contribution in [0.3, 0.4) is 0 Å². The Labute approximate surface area is 195 Å². The van der Waals surface area contributed by atoms with Crippen molar-refractivity contribution < 1.29 is 22.7 Å². The highest BCUT2D eigenvalue weighted by molar-refractivity contribution is 7.89. The van der Waals surface area contributed by atoms with E-state index in [9.17, 15) is 18.0 Å². The molecule has 0 bridgehead atoms. The molecular weight excluding hydrogens is 442 g/mol. The summed E-state index contributed by atoms with van der Waals surface area (Å²) >= 11 is 0. The molecule has 1 heterocycles. The van der Waals surface area contributed by atoms with Gasteiger partial charge in [-0.05, 0) is 55.3 Å². The molecule has 1 aliphatic heterocycles. The molecule has 3 rings (SSSR count). The predicted octanol–water partition coefficient (Wildman–Crippen LogP) is 2.30. The van der Waals surface area contributed by atoms with Crippen molar-refractivity contribution in [3.05, 3.63) is 59.7 Å². The number of piperazine rings is 1. The Bertz CT molecular complexity index is 1040. The van der Waals surface area contributed by atoms with E-state index < -0.39 is 10.0 Å². The predicted molar refractivity (Wildman–Crippen MR) is 126 cm³/mol. The van der Waals surface area contributed by atoms with Crippen molar-refractivity contribution >= 4 is 21.8 Å². The molecule has 33 heavy (non-hydrogen) atoms. The van der Waals surface area contributed by atoms with Gasteiger partial charge in [-0.25, -0.2) is 13.1 Å². The molecular formula is C24H31N3O5S. The van der Waals surface area contributed by atoms with Crippen molar-refractivity contribution in [2.45, 2.75) is 31.6 Å². The van der Waals surface area contributed by atoms with Crippen LogP contribution < -0.4 is 9.46 Å². The molecule has 0 spiro atoms. The third-order valence-electron chi connectivity index (χ3n) is 5.60. The molecule has 0 unspecified atom stereocenters. The molecule has 9 heteroatoms. The minimum absolute atomic E-state index is 0.0112. The summed E-state index contributed by atoms with van der Waals surface area (Å²) in [7, 11) is -3.70. The highest BCUT2D eigenvalue weighted by Crippen LogP contribution is 2.16. The van der Waals surface area contributed by atoms with E-state index in [2.05, 4.69) is 11.6 Å². The van der Waals surface area contributed by atoms with Crippen LogP contribution in [0.1, 0.15) is 36.2 Å². The molecule has 1 saturated heterocycles. The van der Waals surface area contributed by atoms with Crippen molar-refractivity contribution in [3.8, 4) is 5.75 Å². The highest BCUT2D eigenvalue weighted by Gasteiger charge is 2.25. The number of carbonyl (C=O) groups is 2. The van der Waals surface area contributed by atoms with Gasteiger partial charge in [-0.3, -0.25) is 9.59 Å². The number of rotatable bonds is 9. The molecule has 0 atom stereocenters. The number of ether oxygens (including phenoxy) is 1. The number of hydrogen-bond donors (Lipinski definition) is 1. The first-order valence-corrected chi connectivity index (χ1v) is 12.7. The van der Waals surface area contributed by atoms with Crippen LogP contribution >= 0.6 is 0 Å². The zero-order valence-corrected chi connectivity index (χ0v) is 19.9. The Hall–Kier alpha value is -2.91. The van der Waals surface area contributed by atoms with E-state index in [1.165, 1.54) is 17.7 Å². The fourth-order valence-electron chi connectivity index (χ4n) is 3.64. The number of nitrogens with zero attached hydrogens (tertiary/aromatic N) is 2. The van der Waals surface area contributed by atoms with Gasteiger partial charge in [0.25, 0.3) is 5.91 Å². The fourth-order valence-corrected chi connectivity index (χ4v) is 4.67. The summed E-state index contributed by atoms with van der Waals surface area (Å²) in [5, 5.41) is 0. The first-order chi connectivity index (χ1) is 15.8. The molecule has 2 amide bonds. The molecule has 0 radical (unpaired) electrons. The van der Waals surface area contributed by atoms with Crippen LogP contribution in [-0.4, -0.2) is 69.4 Å². The van der Waals surface area contributed by atoms with E-state index >= 15 is 0 Å². The quantitative estimate of drug-likeness (QED) is 0.603. The molecule has 2 aromatic rings. The van der Waals surface area contributed by atoms with Gasteiger partial charge in [0, 0.05) is 44.7 Å². The van der Waals surface area contributed by atoms with Crippen LogP contribution in [0.15, 0.2) is 53.4 Å². The topological polar surface area (TPSA) is 96.0 Å². The van der Waals surface area contributed by atoms with E-state index in [1.807, 2.05) is 31.2 Å². The summed E-state index contributed by atoms with van der Waals surface area (Å²) in [6.45, 7) is 6.21. The van der Waals surface area contributed by atoms with Gasteiger partial charge in [-0.15, -0.1) is 0 Å². The summed E-state index contributed by atoms with van der Waals surface area (Å²) in [6, 6.07) is 13.7. The zero-order chi connectivity index (χ0) is 23.8. The minimum atomic E-state index is -3.70. The Balaban J connectivity index is 1.44. The molecule has 178 valence electrons. The third kappa shape index (κ3) is 6.55. The standard InChI is InChI=1S/C24H31N3O5S/c1-3-19-5-7-20(8-6-19)24(29)27-17-15-26(16-18-27)23(28)13-14-25-33(30,31)22-11-9-21(10-12-22)32-4-2/h5-12,25H,3-4,13-18H2,1-2H3. The van der Waals surface area contributed by atoms with E-state index in [4.69, 9.17) is 4.74 Å². The maximum absolute atomic E-state index is 12.7. The van der Waals surface area contributed by atoms with Gasteiger partial charge < -0.3 is 14.5 Å². The number of amides is 2. The maximum atomic E-state index is 12.7. The smallest absolute Gasteiger partial charge is 0.253 e. The lowest BCUT2D eigenvalue weighted by atomic mass is 10.1. The third-order valence-corrected chi connectivity index (χ3v) is 7.08. The number of hydrogen-bond acceptors (Lipinski definition) is 5. The lowest BCUT2D eigenvalue weighted by molar-refractivity contribution is -0.132. The Morgan fingerprint density at radius 3 is 2.09 bits per heavy atom. The second-order valence-electron chi connectivity index (χ2n) is 7.78. The van der Waals surface area contributed by atoms with Gasteiger partial charge in [0.05, 0.1) is 11.5 Å². The second kappa shape index (κ2) is 11.3. The summed E-state index contributed by atoms with van der Waals surface area (Å²) in [4.78, 5) is 28.8. The Morgan fingerprint density at radius 2 is 1.52 bits per heavy atom. The van der Waals surface area contributed by atoms with E-state index in [0.29, 0.717) is 44.1 Å². The molecule has 8 nitrogen and oxygen atoms in total. The number of carbonyl (C=O) groups excluding carboxylic acids is 2. The minimum Gasteiger partial charge on any atom is -0.494 e. The van der Waals surface area contributed by atoms with Crippen LogP contribution in [0.5, 0.6) is 5.75 Å². The van der Waals surface area contributed by atoms with Crippen LogP contribution in [0.4, 0.5) is 0 Å². The Kier molecular flexibility index (Phi) is 8.46. The van der Waals surface area contributed by atoms with E-state index in [-0.39, 0.29) is 29.7 Å². The van der Waals surface area contributed by atoms with Crippen molar-refractivity contribution in [1.82, 2.24) is 14.5 Å². The molecule has 2 aromatic carbocycles. The Morgan fingerprint density at radius 1 is 0.909 bits per heavy atom. The van der Waals surface area contributed by atoms with Crippen molar-refractivity contribution in [3.63, 3.8) is 0 Å².